The molecule has 0 heterocycles. The second-order valence-electron chi connectivity index (χ2n) is 1.19. The predicted molar refractivity (Wildman–Crippen MR) is 35.9 cm³/mol. The van der Waals surface area contributed by atoms with Gasteiger partial charge in [-0.25, -0.2) is 0 Å². The molecule has 0 rings (SSSR count). The second-order valence-corrected chi connectivity index (χ2v) is 1.19. The van der Waals surface area contributed by atoms with Crippen molar-refractivity contribution in [2.24, 2.45) is 10.7 Å². The molecule has 0 aliphatic carbocycles. The lowest BCUT2D eigenvalue weighted by atomic mass is 10.6. The van der Waals surface area contributed by atoms with Gasteiger partial charge in [-0.15, -0.1) is 5.92 Å². The molecule has 2 nitrogen and oxygen atoms in total. The first-order valence-corrected chi connectivity index (χ1v) is 2.49. The highest BCUT2D eigenvalue weighted by molar-refractivity contribution is 5.59. The standard InChI is InChI=1S/C6H10N2/c1-2-3-5-8-6-4-7/h6H,4-5,7H2,1H3. The van der Waals surface area contributed by atoms with E-state index in [2.05, 4.69) is 16.8 Å². The fraction of sp³-hybridized carbons (Fsp3) is 0.500. The van der Waals surface area contributed by atoms with Crippen LogP contribution in [0.1, 0.15) is 6.92 Å². The first-order chi connectivity index (χ1) is 3.91. The number of hydrogen-bond acceptors (Lipinski definition) is 2. The van der Waals surface area contributed by atoms with Crippen molar-refractivity contribution >= 4 is 6.21 Å². The summed E-state index contributed by atoms with van der Waals surface area (Å²) >= 11 is 0. The van der Waals surface area contributed by atoms with Gasteiger partial charge >= 0.3 is 0 Å². The molecule has 0 aromatic heterocycles. The molecule has 0 aliphatic rings. The summed E-state index contributed by atoms with van der Waals surface area (Å²) in [7, 11) is 0. The fourth-order valence-corrected chi connectivity index (χ4v) is 0.264. The molecule has 0 amide bonds. The predicted octanol–water partition coefficient (Wildman–Crippen LogP) is 0.0392. The largest absolute Gasteiger partial charge is 0.326 e. The normalized spacial score (nSPS) is 8.75. The van der Waals surface area contributed by atoms with Gasteiger partial charge < -0.3 is 5.73 Å². The Hall–Kier alpha value is -0.810. The summed E-state index contributed by atoms with van der Waals surface area (Å²) in [5, 5.41) is 0. The van der Waals surface area contributed by atoms with Crippen molar-refractivity contribution in [3.05, 3.63) is 0 Å². The zero-order chi connectivity index (χ0) is 6.24. The Balaban J connectivity index is 3.12. The summed E-state index contributed by atoms with van der Waals surface area (Å²) < 4.78 is 0. The number of rotatable bonds is 2. The third kappa shape index (κ3) is 5.19. The molecule has 0 aromatic rings. The monoisotopic (exact) mass is 110 g/mol. The maximum absolute atomic E-state index is 5.11. The van der Waals surface area contributed by atoms with Crippen LogP contribution in [0.3, 0.4) is 0 Å². The summed E-state index contributed by atoms with van der Waals surface area (Å²) in [6.45, 7) is 2.87. The lowest BCUT2D eigenvalue weighted by molar-refractivity contribution is 1.25. The van der Waals surface area contributed by atoms with Gasteiger partial charge in [0.05, 0.1) is 6.54 Å². The molecule has 2 N–H and O–H groups in total. The smallest absolute Gasteiger partial charge is 0.0994 e. The van der Waals surface area contributed by atoms with Gasteiger partial charge in [-0.1, -0.05) is 5.92 Å². The average Bonchev–Trinajstić information content (AvgIpc) is 1.81. The van der Waals surface area contributed by atoms with Gasteiger partial charge in [-0.05, 0) is 6.92 Å². The number of aliphatic imine (C=N–C) groups is 1. The molecular weight excluding hydrogens is 100 g/mol. The van der Waals surface area contributed by atoms with Crippen LogP contribution in [-0.4, -0.2) is 19.3 Å². The van der Waals surface area contributed by atoms with E-state index in [1.54, 1.807) is 13.1 Å². The van der Waals surface area contributed by atoms with Crippen LogP contribution in [0.4, 0.5) is 0 Å². The van der Waals surface area contributed by atoms with E-state index < -0.39 is 0 Å². The van der Waals surface area contributed by atoms with Gasteiger partial charge in [0.1, 0.15) is 0 Å². The molecule has 8 heavy (non-hydrogen) atoms. The van der Waals surface area contributed by atoms with Crippen LogP contribution in [0.2, 0.25) is 0 Å². The molecule has 0 atom stereocenters. The molecule has 0 bridgehead atoms. The summed E-state index contributed by atoms with van der Waals surface area (Å²) in [6.07, 6.45) is 1.66. The van der Waals surface area contributed by atoms with E-state index >= 15 is 0 Å². The zero-order valence-electron chi connectivity index (χ0n) is 5.02. The SMILES string of the molecule is CC#CCN=CCN. The van der Waals surface area contributed by atoms with Crippen LogP contribution >= 0.6 is 0 Å². The topological polar surface area (TPSA) is 38.4 Å². The quantitative estimate of drug-likeness (QED) is 0.395. The Morgan fingerprint density at radius 3 is 3.00 bits per heavy atom. The first kappa shape index (κ1) is 7.19. The first-order valence-electron chi connectivity index (χ1n) is 2.49. The van der Waals surface area contributed by atoms with E-state index in [0.29, 0.717) is 13.1 Å². The highest BCUT2D eigenvalue weighted by Gasteiger charge is 1.64. The number of nitrogens with zero attached hydrogens (tertiary/aromatic N) is 1. The van der Waals surface area contributed by atoms with E-state index in [0.717, 1.165) is 0 Å². The van der Waals surface area contributed by atoms with Crippen LogP contribution in [0.5, 0.6) is 0 Å². The summed E-state index contributed by atoms with van der Waals surface area (Å²) in [6, 6.07) is 0. The summed E-state index contributed by atoms with van der Waals surface area (Å²) in [5.74, 6) is 5.50. The Morgan fingerprint density at radius 2 is 2.50 bits per heavy atom. The minimum atomic E-state index is 0.505. The highest BCUT2D eigenvalue weighted by Crippen LogP contribution is 1.61. The Labute approximate surface area is 49.8 Å². The fourth-order valence-electron chi connectivity index (χ4n) is 0.264. The zero-order valence-corrected chi connectivity index (χ0v) is 5.02. The van der Waals surface area contributed by atoms with Crippen molar-refractivity contribution in [2.45, 2.75) is 6.92 Å². The molecule has 0 aliphatic heterocycles. The minimum Gasteiger partial charge on any atom is -0.326 e. The molecule has 44 valence electrons. The molecule has 0 radical (unpaired) electrons. The van der Waals surface area contributed by atoms with Gasteiger partial charge in [0.25, 0.3) is 0 Å². The van der Waals surface area contributed by atoms with Crippen LogP contribution in [0.25, 0.3) is 0 Å². The van der Waals surface area contributed by atoms with Gasteiger partial charge in [0.15, 0.2) is 0 Å². The number of nitrogens with two attached hydrogens (primary N) is 1. The second kappa shape index (κ2) is 6.19. The average molecular weight is 110 g/mol. The van der Waals surface area contributed by atoms with Crippen molar-refractivity contribution in [1.29, 1.82) is 0 Å². The Morgan fingerprint density at radius 1 is 1.75 bits per heavy atom. The molecule has 0 spiro atoms. The van der Waals surface area contributed by atoms with E-state index in [4.69, 9.17) is 5.73 Å². The molecule has 0 unspecified atom stereocenters. The van der Waals surface area contributed by atoms with Crippen molar-refractivity contribution in [2.75, 3.05) is 13.1 Å². The van der Waals surface area contributed by atoms with Gasteiger partial charge in [-0.2, -0.15) is 0 Å². The molecule has 0 aromatic carbocycles. The van der Waals surface area contributed by atoms with Crippen LogP contribution in [0.15, 0.2) is 4.99 Å². The number of hydrogen-bond donors (Lipinski definition) is 1. The molecule has 0 saturated carbocycles. The van der Waals surface area contributed by atoms with Gasteiger partial charge in [0, 0.05) is 12.8 Å². The van der Waals surface area contributed by atoms with E-state index in [1.165, 1.54) is 0 Å². The van der Waals surface area contributed by atoms with Crippen molar-refractivity contribution < 1.29 is 0 Å². The minimum absolute atomic E-state index is 0.505. The van der Waals surface area contributed by atoms with Crippen LogP contribution in [-0.2, 0) is 0 Å². The molecule has 0 fully saturated rings. The third-order valence-corrected chi connectivity index (χ3v) is 0.582. The lowest BCUT2D eigenvalue weighted by Crippen LogP contribution is -1.99. The Bertz CT molecular complexity index is 116. The van der Waals surface area contributed by atoms with Gasteiger partial charge in [0.2, 0.25) is 0 Å². The Kier molecular flexibility index (Phi) is 5.56. The van der Waals surface area contributed by atoms with Gasteiger partial charge in [-0.3, -0.25) is 4.99 Å². The van der Waals surface area contributed by atoms with E-state index in [1.807, 2.05) is 0 Å². The molecule has 2 heteroatoms. The van der Waals surface area contributed by atoms with E-state index in [9.17, 15) is 0 Å². The van der Waals surface area contributed by atoms with Crippen molar-refractivity contribution in [3.63, 3.8) is 0 Å². The van der Waals surface area contributed by atoms with Crippen LogP contribution in [0, 0.1) is 11.8 Å². The lowest BCUT2D eigenvalue weighted by Gasteiger charge is -1.76. The highest BCUT2D eigenvalue weighted by atomic mass is 14.7. The van der Waals surface area contributed by atoms with Crippen molar-refractivity contribution in [3.8, 4) is 11.8 Å². The maximum Gasteiger partial charge on any atom is 0.0994 e. The van der Waals surface area contributed by atoms with E-state index in [-0.39, 0.29) is 0 Å². The molecule has 0 saturated heterocycles. The maximum atomic E-state index is 5.11. The summed E-state index contributed by atoms with van der Waals surface area (Å²) in [4.78, 5) is 3.86. The third-order valence-electron chi connectivity index (χ3n) is 0.582. The van der Waals surface area contributed by atoms with Crippen LogP contribution < -0.4 is 5.73 Å². The van der Waals surface area contributed by atoms with Crippen molar-refractivity contribution in [1.82, 2.24) is 0 Å². The summed E-state index contributed by atoms with van der Waals surface area (Å²) in [5.41, 5.74) is 5.11. The molecular formula is C6H10N2.